The number of allylic oxidation sites excluding steroid dienone is 1. The molecule has 2 heteroatoms. The SMILES string of the molecule is CC1=Cc2cc(C)cn2C1=N. The van der Waals surface area contributed by atoms with Crippen LogP contribution in [-0.4, -0.2) is 10.4 Å². The van der Waals surface area contributed by atoms with Gasteiger partial charge in [0.2, 0.25) is 0 Å². The minimum absolute atomic E-state index is 0.605. The van der Waals surface area contributed by atoms with Gasteiger partial charge >= 0.3 is 0 Å². The number of nitrogens with one attached hydrogen (secondary N) is 1. The highest BCUT2D eigenvalue weighted by molar-refractivity contribution is 6.05. The molecule has 2 rings (SSSR count). The zero-order valence-electron chi connectivity index (χ0n) is 6.68. The second-order valence-corrected chi connectivity index (χ2v) is 2.99. The van der Waals surface area contributed by atoms with Crippen LogP contribution in [0.25, 0.3) is 6.08 Å². The Kier molecular flexibility index (Phi) is 1.07. The maximum Gasteiger partial charge on any atom is 0.132 e. The van der Waals surface area contributed by atoms with Gasteiger partial charge in [0.25, 0.3) is 0 Å². The van der Waals surface area contributed by atoms with Crippen LogP contribution in [0.2, 0.25) is 0 Å². The van der Waals surface area contributed by atoms with E-state index in [1.54, 1.807) is 0 Å². The normalized spacial score (nSPS) is 15.1. The molecule has 1 aromatic rings. The standard InChI is InChI=1S/C9H10N2/c1-6-3-8-4-7(2)9(10)11(8)5-6/h3-5,10H,1-2H3. The number of hydrogen-bond donors (Lipinski definition) is 1. The molecule has 0 bridgehead atoms. The Morgan fingerprint density at radius 3 is 2.73 bits per heavy atom. The van der Waals surface area contributed by atoms with Crippen LogP contribution in [0.4, 0.5) is 0 Å². The number of aryl methyl sites for hydroxylation is 1. The van der Waals surface area contributed by atoms with Gasteiger partial charge in [-0.1, -0.05) is 0 Å². The zero-order chi connectivity index (χ0) is 8.01. The Bertz CT molecular complexity index is 356. The molecule has 1 N–H and O–H groups in total. The summed E-state index contributed by atoms with van der Waals surface area (Å²) >= 11 is 0. The lowest BCUT2D eigenvalue weighted by atomic mass is 10.2. The third-order valence-electron chi connectivity index (χ3n) is 1.97. The average Bonchev–Trinajstić information content (AvgIpc) is 2.37. The molecule has 0 atom stereocenters. The van der Waals surface area contributed by atoms with Gasteiger partial charge in [0.05, 0.1) is 0 Å². The highest BCUT2D eigenvalue weighted by Crippen LogP contribution is 2.20. The molecule has 0 aromatic carbocycles. The monoisotopic (exact) mass is 146 g/mol. The summed E-state index contributed by atoms with van der Waals surface area (Å²) in [5.74, 6) is 0.605. The molecule has 0 fully saturated rings. The van der Waals surface area contributed by atoms with Crippen molar-refractivity contribution in [2.75, 3.05) is 0 Å². The van der Waals surface area contributed by atoms with Gasteiger partial charge in [0, 0.05) is 11.9 Å². The van der Waals surface area contributed by atoms with Gasteiger partial charge in [-0.25, -0.2) is 0 Å². The molecule has 0 saturated carbocycles. The number of nitrogens with zero attached hydrogens (tertiary/aromatic N) is 1. The fourth-order valence-electron chi connectivity index (χ4n) is 1.40. The molecular formula is C9H10N2. The first kappa shape index (κ1) is 6.40. The van der Waals surface area contributed by atoms with Gasteiger partial charge in [0.1, 0.15) is 5.84 Å². The van der Waals surface area contributed by atoms with Gasteiger partial charge in [-0.2, -0.15) is 0 Å². The second kappa shape index (κ2) is 1.84. The van der Waals surface area contributed by atoms with Crippen molar-refractivity contribution in [3.63, 3.8) is 0 Å². The summed E-state index contributed by atoms with van der Waals surface area (Å²) < 4.78 is 1.91. The molecule has 56 valence electrons. The van der Waals surface area contributed by atoms with Crippen LogP contribution in [0.3, 0.4) is 0 Å². The second-order valence-electron chi connectivity index (χ2n) is 2.99. The van der Waals surface area contributed by atoms with Crippen LogP contribution < -0.4 is 0 Å². The highest BCUT2D eigenvalue weighted by Gasteiger charge is 2.14. The van der Waals surface area contributed by atoms with Crippen molar-refractivity contribution in [1.82, 2.24) is 4.57 Å². The van der Waals surface area contributed by atoms with Crippen molar-refractivity contribution in [1.29, 1.82) is 5.41 Å². The maximum atomic E-state index is 7.64. The molecule has 1 aliphatic heterocycles. The third kappa shape index (κ3) is 0.755. The Balaban J connectivity index is 2.65. The molecule has 0 aliphatic carbocycles. The first-order valence-corrected chi connectivity index (χ1v) is 3.65. The minimum atomic E-state index is 0.605. The summed E-state index contributed by atoms with van der Waals surface area (Å²) in [5.41, 5.74) is 3.39. The third-order valence-corrected chi connectivity index (χ3v) is 1.97. The van der Waals surface area contributed by atoms with E-state index in [-0.39, 0.29) is 0 Å². The van der Waals surface area contributed by atoms with Crippen LogP contribution in [0, 0.1) is 12.3 Å². The van der Waals surface area contributed by atoms with E-state index in [0.717, 1.165) is 11.3 Å². The van der Waals surface area contributed by atoms with E-state index in [4.69, 9.17) is 5.41 Å². The summed E-state index contributed by atoms with van der Waals surface area (Å²) in [4.78, 5) is 0. The smallest absolute Gasteiger partial charge is 0.132 e. The van der Waals surface area contributed by atoms with E-state index in [1.807, 2.05) is 30.7 Å². The summed E-state index contributed by atoms with van der Waals surface area (Å²) in [6, 6.07) is 2.09. The van der Waals surface area contributed by atoms with Gasteiger partial charge in [-0.05, 0) is 37.1 Å². The van der Waals surface area contributed by atoms with Crippen molar-refractivity contribution in [3.8, 4) is 0 Å². The number of hydrogen-bond acceptors (Lipinski definition) is 1. The summed E-state index contributed by atoms with van der Waals surface area (Å²) in [6.07, 6.45) is 4.03. The highest BCUT2D eigenvalue weighted by atomic mass is 15.0. The number of rotatable bonds is 0. The largest absolute Gasteiger partial charge is 0.302 e. The lowest BCUT2D eigenvalue weighted by molar-refractivity contribution is 1.13. The number of fused-ring (bicyclic) bond motifs is 1. The van der Waals surface area contributed by atoms with E-state index in [0.29, 0.717) is 5.84 Å². The van der Waals surface area contributed by atoms with E-state index in [9.17, 15) is 0 Å². The zero-order valence-corrected chi connectivity index (χ0v) is 6.68. The van der Waals surface area contributed by atoms with Crippen LogP contribution >= 0.6 is 0 Å². The minimum Gasteiger partial charge on any atom is -0.302 e. The molecule has 0 saturated heterocycles. The molecule has 0 radical (unpaired) electrons. The van der Waals surface area contributed by atoms with E-state index in [1.165, 1.54) is 5.56 Å². The predicted molar refractivity (Wildman–Crippen MR) is 45.9 cm³/mol. The molecule has 1 aliphatic rings. The summed E-state index contributed by atoms with van der Waals surface area (Å²) in [5, 5.41) is 7.64. The summed E-state index contributed by atoms with van der Waals surface area (Å²) in [7, 11) is 0. The molecule has 2 nitrogen and oxygen atoms in total. The first-order valence-electron chi connectivity index (χ1n) is 3.65. The quantitative estimate of drug-likeness (QED) is 0.580. The molecule has 0 unspecified atom stereocenters. The topological polar surface area (TPSA) is 28.8 Å². The Labute approximate surface area is 65.7 Å². The van der Waals surface area contributed by atoms with E-state index >= 15 is 0 Å². The maximum absolute atomic E-state index is 7.64. The van der Waals surface area contributed by atoms with Gasteiger partial charge < -0.3 is 4.57 Å². The lowest BCUT2D eigenvalue weighted by Gasteiger charge is -1.97. The predicted octanol–water partition coefficient (Wildman–Crippen LogP) is 2.04. The average molecular weight is 146 g/mol. The molecular weight excluding hydrogens is 136 g/mol. The van der Waals surface area contributed by atoms with Crippen LogP contribution in [0.15, 0.2) is 17.8 Å². The van der Waals surface area contributed by atoms with Crippen molar-refractivity contribution >= 4 is 11.9 Å². The van der Waals surface area contributed by atoms with Crippen LogP contribution in [0.5, 0.6) is 0 Å². The van der Waals surface area contributed by atoms with Crippen molar-refractivity contribution in [2.24, 2.45) is 0 Å². The van der Waals surface area contributed by atoms with E-state index in [2.05, 4.69) is 6.07 Å². The molecule has 0 amide bonds. The lowest BCUT2D eigenvalue weighted by Crippen LogP contribution is -2.05. The molecule has 1 aromatic heterocycles. The van der Waals surface area contributed by atoms with Crippen molar-refractivity contribution < 1.29 is 0 Å². The Morgan fingerprint density at radius 2 is 2.09 bits per heavy atom. The molecule has 11 heavy (non-hydrogen) atoms. The summed E-state index contributed by atoms with van der Waals surface area (Å²) in [6.45, 7) is 4.01. The Morgan fingerprint density at radius 1 is 1.36 bits per heavy atom. The van der Waals surface area contributed by atoms with Crippen LogP contribution in [0.1, 0.15) is 18.2 Å². The fourth-order valence-corrected chi connectivity index (χ4v) is 1.40. The molecule has 2 heterocycles. The first-order chi connectivity index (χ1) is 5.18. The van der Waals surface area contributed by atoms with Crippen molar-refractivity contribution in [2.45, 2.75) is 13.8 Å². The van der Waals surface area contributed by atoms with Gasteiger partial charge in [0.15, 0.2) is 0 Å². The van der Waals surface area contributed by atoms with Crippen molar-refractivity contribution in [3.05, 3.63) is 29.1 Å². The van der Waals surface area contributed by atoms with Crippen LogP contribution in [-0.2, 0) is 0 Å². The van der Waals surface area contributed by atoms with E-state index < -0.39 is 0 Å². The number of aromatic nitrogens is 1. The Hall–Kier alpha value is -1.31. The van der Waals surface area contributed by atoms with Gasteiger partial charge in [-0.3, -0.25) is 5.41 Å². The fraction of sp³-hybridized carbons (Fsp3) is 0.222. The molecule has 0 spiro atoms. The van der Waals surface area contributed by atoms with Gasteiger partial charge in [-0.15, -0.1) is 0 Å².